The van der Waals surface area contributed by atoms with E-state index in [2.05, 4.69) is 32.2 Å². The number of aromatic nitrogens is 3. The zero-order valence-corrected chi connectivity index (χ0v) is 21.0. The second-order valence-electron chi connectivity index (χ2n) is 9.17. The van der Waals surface area contributed by atoms with E-state index in [0.717, 1.165) is 54.9 Å². The molecule has 2 aromatic carbocycles. The summed E-state index contributed by atoms with van der Waals surface area (Å²) in [5.41, 5.74) is 3.58. The molecule has 1 N–H and O–H groups in total. The Kier molecular flexibility index (Phi) is 6.57. The van der Waals surface area contributed by atoms with Gasteiger partial charge in [0.25, 0.3) is 0 Å². The number of carbonyl (C=O) groups excluding carboxylic acids is 1. The van der Waals surface area contributed by atoms with Gasteiger partial charge in [0.15, 0.2) is 9.84 Å². The largest absolute Gasteiger partial charge is 0.324 e. The zero-order valence-electron chi connectivity index (χ0n) is 20.2. The second-order valence-corrected chi connectivity index (χ2v) is 11.2. The lowest BCUT2D eigenvalue weighted by Crippen LogP contribution is -2.51. The van der Waals surface area contributed by atoms with E-state index >= 15 is 0 Å². The number of piperazine rings is 1. The Balaban J connectivity index is 1.30. The summed E-state index contributed by atoms with van der Waals surface area (Å²) in [6, 6.07) is 16.7. The van der Waals surface area contributed by atoms with Gasteiger partial charge in [-0.3, -0.25) is 9.80 Å². The number of hydrogen-bond donors (Lipinski definition) is 1. The maximum Gasteiger partial charge on any atom is 0.229 e. The van der Waals surface area contributed by atoms with Crippen molar-refractivity contribution in [2.24, 2.45) is 0 Å². The van der Waals surface area contributed by atoms with E-state index in [9.17, 15) is 13.2 Å². The number of sulfone groups is 1. The van der Waals surface area contributed by atoms with Gasteiger partial charge < -0.3 is 14.7 Å². The fourth-order valence-corrected chi connectivity index (χ4v) is 5.00. The molecule has 1 aliphatic rings. The number of nitrogens with one attached hydrogen (secondary N) is 1. The average Bonchev–Trinajstić information content (AvgIpc) is 3.29. The number of benzene rings is 2. The average molecular weight is 505 g/mol. The normalized spacial score (nSPS) is 17.3. The van der Waals surface area contributed by atoms with Crippen molar-refractivity contribution in [2.75, 3.05) is 38.3 Å². The van der Waals surface area contributed by atoms with Crippen LogP contribution in [0.5, 0.6) is 0 Å². The van der Waals surface area contributed by atoms with Crippen molar-refractivity contribution < 1.29 is 13.2 Å². The Morgan fingerprint density at radius 1 is 1.06 bits per heavy atom. The molecule has 3 heterocycles. The Morgan fingerprint density at radius 2 is 1.81 bits per heavy atom. The zero-order chi connectivity index (χ0) is 25.3. The summed E-state index contributed by atoms with van der Waals surface area (Å²) in [4.78, 5) is 25.1. The highest BCUT2D eigenvalue weighted by molar-refractivity contribution is 7.90. The summed E-state index contributed by atoms with van der Waals surface area (Å²) in [7, 11) is -1.27. The maximum atomic E-state index is 11.8. The molecule has 0 amide bonds. The van der Waals surface area contributed by atoms with Crippen molar-refractivity contribution in [2.45, 2.75) is 17.5 Å². The van der Waals surface area contributed by atoms with Crippen LogP contribution in [0.4, 0.5) is 11.6 Å². The Bertz CT molecular complexity index is 1480. The number of aldehydes is 1. The van der Waals surface area contributed by atoms with Crippen LogP contribution in [0.2, 0.25) is 0 Å². The van der Waals surface area contributed by atoms with Gasteiger partial charge in [-0.05, 0) is 55.1 Å². The highest BCUT2D eigenvalue weighted by Crippen LogP contribution is 2.23. The molecular weight excluding hydrogens is 476 g/mol. The molecule has 4 aromatic rings. The predicted octanol–water partition coefficient (Wildman–Crippen LogP) is 2.88. The lowest BCUT2D eigenvalue weighted by atomic mass is 10.1. The number of rotatable bonds is 7. The number of likely N-dealkylation sites (N-methyl/N-ethyl adjacent to an activating group) is 1. The highest BCUT2D eigenvalue weighted by atomic mass is 32.2. The fourth-order valence-electron chi connectivity index (χ4n) is 4.37. The summed E-state index contributed by atoms with van der Waals surface area (Å²) in [5, 5.41) is 4.14. The van der Waals surface area contributed by atoms with Gasteiger partial charge in [-0.1, -0.05) is 12.1 Å². The molecular formula is C26H28N6O3S. The van der Waals surface area contributed by atoms with Gasteiger partial charge in [-0.25, -0.2) is 13.4 Å². The first kappa shape index (κ1) is 24.1. The van der Waals surface area contributed by atoms with Crippen molar-refractivity contribution in [3.05, 3.63) is 72.6 Å². The van der Waals surface area contributed by atoms with Crippen molar-refractivity contribution in [3.8, 4) is 5.69 Å². The van der Waals surface area contributed by atoms with Crippen molar-refractivity contribution in [3.63, 3.8) is 0 Å². The van der Waals surface area contributed by atoms with E-state index in [0.29, 0.717) is 5.95 Å². The fraction of sp³-hybridized carbons (Fsp3) is 0.269. The molecule has 1 unspecified atom stereocenters. The van der Waals surface area contributed by atoms with Gasteiger partial charge in [-0.15, -0.1) is 0 Å². The summed E-state index contributed by atoms with van der Waals surface area (Å²) < 4.78 is 25.4. The molecule has 2 aromatic heterocycles. The summed E-state index contributed by atoms with van der Waals surface area (Å²) in [6.45, 7) is 3.36. The van der Waals surface area contributed by atoms with Crippen LogP contribution in [0.3, 0.4) is 0 Å². The van der Waals surface area contributed by atoms with Crippen LogP contribution >= 0.6 is 0 Å². The van der Waals surface area contributed by atoms with Gasteiger partial charge in [0, 0.05) is 61.6 Å². The van der Waals surface area contributed by atoms with E-state index in [-0.39, 0.29) is 10.9 Å². The number of carbonyl (C=O) groups is 1. The second kappa shape index (κ2) is 9.81. The molecule has 0 aliphatic carbocycles. The van der Waals surface area contributed by atoms with Gasteiger partial charge in [0.1, 0.15) is 11.9 Å². The lowest BCUT2D eigenvalue weighted by molar-refractivity contribution is -0.114. The molecule has 36 heavy (non-hydrogen) atoms. The quantitative estimate of drug-likeness (QED) is 0.384. The molecule has 186 valence electrons. The number of fused-ring (bicyclic) bond motifs is 1. The SMILES string of the molecule is CN1CCN(Cc2ccc(Nc3ncc4ccn(-c5ccc(S(C)(=O)=O)cc5)c4n3)cc2)CC1C=O. The summed E-state index contributed by atoms with van der Waals surface area (Å²) in [6.07, 6.45) is 5.87. The van der Waals surface area contributed by atoms with E-state index in [1.54, 1.807) is 30.5 Å². The molecule has 1 saturated heterocycles. The topological polar surface area (TPSA) is 100 Å². The first-order valence-corrected chi connectivity index (χ1v) is 13.6. The van der Waals surface area contributed by atoms with Crippen LogP contribution < -0.4 is 5.32 Å². The Hall–Kier alpha value is -3.60. The predicted molar refractivity (Wildman–Crippen MR) is 139 cm³/mol. The molecule has 0 radical (unpaired) electrons. The number of hydrogen-bond acceptors (Lipinski definition) is 8. The first-order chi connectivity index (χ1) is 17.3. The monoisotopic (exact) mass is 504 g/mol. The van der Waals surface area contributed by atoms with E-state index in [1.807, 2.05) is 36.0 Å². The number of nitrogens with zero attached hydrogens (tertiary/aromatic N) is 5. The smallest absolute Gasteiger partial charge is 0.229 e. The molecule has 9 nitrogen and oxygen atoms in total. The van der Waals surface area contributed by atoms with Gasteiger partial charge in [0.05, 0.1) is 10.9 Å². The minimum Gasteiger partial charge on any atom is -0.324 e. The molecule has 0 bridgehead atoms. The molecule has 1 fully saturated rings. The number of anilines is 2. The molecule has 1 aliphatic heterocycles. The van der Waals surface area contributed by atoms with Crippen LogP contribution in [0.25, 0.3) is 16.7 Å². The Morgan fingerprint density at radius 3 is 2.50 bits per heavy atom. The van der Waals surface area contributed by atoms with Gasteiger partial charge in [-0.2, -0.15) is 4.98 Å². The highest BCUT2D eigenvalue weighted by Gasteiger charge is 2.23. The lowest BCUT2D eigenvalue weighted by Gasteiger charge is -2.36. The van der Waals surface area contributed by atoms with E-state index in [4.69, 9.17) is 4.98 Å². The van der Waals surface area contributed by atoms with Crippen molar-refractivity contribution in [1.29, 1.82) is 0 Å². The van der Waals surface area contributed by atoms with Crippen molar-refractivity contribution in [1.82, 2.24) is 24.3 Å². The third-order valence-electron chi connectivity index (χ3n) is 6.52. The summed E-state index contributed by atoms with van der Waals surface area (Å²) in [5.74, 6) is 0.468. The third kappa shape index (κ3) is 5.15. The maximum absolute atomic E-state index is 11.8. The minimum absolute atomic E-state index is 0.0525. The molecule has 0 saturated carbocycles. The molecule has 0 spiro atoms. The third-order valence-corrected chi connectivity index (χ3v) is 7.65. The standard InChI is InChI=1S/C26H28N6O3S/c1-30-13-14-31(17-23(30)18-33)16-19-3-5-21(6-4-19)28-26-27-15-20-11-12-32(25(20)29-26)22-7-9-24(10-8-22)36(2,34)35/h3-12,15,18,23H,13-14,16-17H2,1-2H3,(H,27,28,29). The van der Waals surface area contributed by atoms with Crippen LogP contribution in [-0.2, 0) is 21.2 Å². The van der Waals surface area contributed by atoms with Crippen molar-refractivity contribution >= 4 is 38.8 Å². The van der Waals surface area contributed by atoms with Gasteiger partial charge in [0.2, 0.25) is 5.95 Å². The minimum atomic E-state index is -3.25. The van der Waals surface area contributed by atoms with E-state index in [1.165, 1.54) is 11.8 Å². The van der Waals surface area contributed by atoms with Gasteiger partial charge >= 0.3 is 0 Å². The summed E-state index contributed by atoms with van der Waals surface area (Å²) >= 11 is 0. The van der Waals surface area contributed by atoms with Crippen LogP contribution in [-0.4, -0.2) is 78.0 Å². The van der Waals surface area contributed by atoms with Crippen LogP contribution in [0.15, 0.2) is 71.9 Å². The van der Waals surface area contributed by atoms with Crippen LogP contribution in [0, 0.1) is 0 Å². The molecule has 10 heteroatoms. The first-order valence-electron chi connectivity index (χ1n) is 11.7. The Labute approximate surface area is 210 Å². The van der Waals surface area contributed by atoms with E-state index < -0.39 is 9.84 Å². The molecule has 5 rings (SSSR count). The van der Waals surface area contributed by atoms with Crippen LogP contribution in [0.1, 0.15) is 5.56 Å². The molecule has 1 atom stereocenters.